The molecule has 3 atom stereocenters. The molecule has 6 nitrogen and oxygen atoms in total. The number of urea groups is 1. The number of hydrogen-bond donors (Lipinski definition) is 3. The minimum Gasteiger partial charge on any atom is -0.480 e. The molecule has 2 unspecified atom stereocenters. The molecule has 2 amide bonds. The van der Waals surface area contributed by atoms with Crippen LogP contribution in [0.15, 0.2) is 0 Å². The first-order chi connectivity index (χ1) is 8.88. The van der Waals surface area contributed by atoms with Crippen molar-refractivity contribution in [2.45, 2.75) is 51.6 Å². The van der Waals surface area contributed by atoms with Crippen LogP contribution in [-0.2, 0) is 9.53 Å². The Bertz CT molecular complexity index is 327. The summed E-state index contributed by atoms with van der Waals surface area (Å²) < 4.78 is 5.35. The van der Waals surface area contributed by atoms with E-state index in [0.717, 1.165) is 12.8 Å². The van der Waals surface area contributed by atoms with E-state index < -0.39 is 23.6 Å². The van der Waals surface area contributed by atoms with Gasteiger partial charge in [-0.1, -0.05) is 20.3 Å². The number of carboxylic acids is 1. The number of hydrogen-bond acceptors (Lipinski definition) is 3. The van der Waals surface area contributed by atoms with Gasteiger partial charge in [0.2, 0.25) is 0 Å². The van der Waals surface area contributed by atoms with E-state index in [-0.39, 0.29) is 5.92 Å². The Labute approximate surface area is 113 Å². The Hall–Kier alpha value is -1.30. The van der Waals surface area contributed by atoms with Crippen LogP contribution in [0.1, 0.15) is 40.0 Å². The fourth-order valence-electron chi connectivity index (χ4n) is 2.17. The van der Waals surface area contributed by atoms with E-state index in [0.29, 0.717) is 19.6 Å². The number of rotatable bonds is 5. The highest BCUT2D eigenvalue weighted by atomic mass is 16.5. The van der Waals surface area contributed by atoms with Crippen molar-refractivity contribution in [1.82, 2.24) is 10.6 Å². The van der Waals surface area contributed by atoms with E-state index in [9.17, 15) is 9.59 Å². The van der Waals surface area contributed by atoms with Gasteiger partial charge in [-0.25, -0.2) is 9.59 Å². The van der Waals surface area contributed by atoms with E-state index in [1.54, 1.807) is 0 Å². The predicted octanol–water partition coefficient (Wildman–Crippen LogP) is 1.35. The normalized spacial score (nSPS) is 26.3. The van der Waals surface area contributed by atoms with Crippen LogP contribution in [0.3, 0.4) is 0 Å². The molecule has 1 fully saturated rings. The molecule has 19 heavy (non-hydrogen) atoms. The van der Waals surface area contributed by atoms with Gasteiger partial charge in [0.15, 0.2) is 0 Å². The van der Waals surface area contributed by atoms with Gasteiger partial charge in [0.1, 0.15) is 6.04 Å². The molecule has 110 valence electrons. The Kier molecular flexibility index (Phi) is 5.60. The third-order valence-corrected chi connectivity index (χ3v) is 3.62. The maximum atomic E-state index is 11.9. The lowest BCUT2D eigenvalue weighted by Crippen LogP contribution is -2.58. The van der Waals surface area contributed by atoms with Crippen LogP contribution in [0.25, 0.3) is 0 Å². The number of carboxylic acid groups (broad SMARTS) is 1. The fourth-order valence-corrected chi connectivity index (χ4v) is 2.17. The predicted molar refractivity (Wildman–Crippen MR) is 71.0 cm³/mol. The van der Waals surface area contributed by atoms with Crippen molar-refractivity contribution in [2.75, 3.05) is 13.2 Å². The minimum atomic E-state index is -1.01. The molecule has 0 saturated carbocycles. The molecule has 1 aliphatic heterocycles. The van der Waals surface area contributed by atoms with Crippen LogP contribution in [0.2, 0.25) is 0 Å². The first-order valence-electron chi connectivity index (χ1n) is 6.77. The molecule has 0 aromatic heterocycles. The van der Waals surface area contributed by atoms with E-state index in [4.69, 9.17) is 9.84 Å². The largest absolute Gasteiger partial charge is 0.480 e. The average molecular weight is 272 g/mol. The van der Waals surface area contributed by atoms with E-state index in [1.807, 2.05) is 20.8 Å². The monoisotopic (exact) mass is 272 g/mol. The third-order valence-electron chi connectivity index (χ3n) is 3.62. The number of aliphatic carboxylic acids is 1. The van der Waals surface area contributed by atoms with Crippen molar-refractivity contribution in [3.63, 3.8) is 0 Å². The van der Waals surface area contributed by atoms with Crippen molar-refractivity contribution in [1.29, 1.82) is 0 Å². The highest BCUT2D eigenvalue weighted by molar-refractivity contribution is 5.83. The van der Waals surface area contributed by atoms with E-state index in [2.05, 4.69) is 10.6 Å². The van der Waals surface area contributed by atoms with Gasteiger partial charge in [0.25, 0.3) is 0 Å². The van der Waals surface area contributed by atoms with Gasteiger partial charge < -0.3 is 20.5 Å². The lowest BCUT2D eigenvalue weighted by molar-refractivity contribution is -0.140. The number of carbonyl (C=O) groups is 2. The molecule has 0 spiro atoms. The summed E-state index contributed by atoms with van der Waals surface area (Å²) in [5.41, 5.74) is -0.416. The second-order valence-corrected chi connectivity index (χ2v) is 5.52. The molecule has 1 rings (SSSR count). The first kappa shape index (κ1) is 15.8. The van der Waals surface area contributed by atoms with Crippen LogP contribution in [0.4, 0.5) is 4.79 Å². The topological polar surface area (TPSA) is 87.7 Å². The van der Waals surface area contributed by atoms with Crippen molar-refractivity contribution in [3.8, 4) is 0 Å². The number of nitrogens with one attached hydrogen (secondary N) is 2. The van der Waals surface area contributed by atoms with Crippen molar-refractivity contribution in [2.24, 2.45) is 5.92 Å². The standard InChI is InChI=1S/C13H24N2O4/c1-4-9(2)10(11(16)17)14-12(18)15-13(3)6-5-7-19-8-13/h9-10H,4-8H2,1-3H3,(H,16,17)(H2,14,15,18)/t9?,10-,13?/m0/s1. The second kappa shape index (κ2) is 6.75. The maximum Gasteiger partial charge on any atom is 0.326 e. The molecule has 0 aliphatic carbocycles. The highest BCUT2D eigenvalue weighted by Crippen LogP contribution is 2.18. The molecule has 0 radical (unpaired) electrons. The SMILES string of the molecule is CCC(C)[C@H](NC(=O)NC1(C)CCCOC1)C(=O)O. The highest BCUT2D eigenvalue weighted by Gasteiger charge is 2.31. The van der Waals surface area contributed by atoms with Crippen LogP contribution < -0.4 is 10.6 Å². The molecule has 0 aromatic carbocycles. The molecule has 1 saturated heterocycles. The lowest BCUT2D eigenvalue weighted by Gasteiger charge is -2.34. The zero-order chi connectivity index (χ0) is 14.5. The zero-order valence-corrected chi connectivity index (χ0v) is 11.9. The third kappa shape index (κ3) is 4.70. The van der Waals surface area contributed by atoms with Gasteiger partial charge in [0.05, 0.1) is 12.1 Å². The summed E-state index contributed by atoms with van der Waals surface area (Å²) in [5, 5.41) is 14.5. The van der Waals surface area contributed by atoms with Gasteiger partial charge in [-0.3, -0.25) is 0 Å². The smallest absolute Gasteiger partial charge is 0.326 e. The second-order valence-electron chi connectivity index (χ2n) is 5.52. The lowest BCUT2D eigenvalue weighted by atomic mass is 9.95. The van der Waals surface area contributed by atoms with Gasteiger partial charge in [0, 0.05) is 6.61 Å². The average Bonchev–Trinajstić information content (AvgIpc) is 2.35. The van der Waals surface area contributed by atoms with Crippen LogP contribution in [0.5, 0.6) is 0 Å². The van der Waals surface area contributed by atoms with Gasteiger partial charge in [-0.15, -0.1) is 0 Å². The van der Waals surface area contributed by atoms with Crippen LogP contribution in [-0.4, -0.2) is 41.9 Å². The molecule has 1 aliphatic rings. The summed E-state index contributed by atoms with van der Waals surface area (Å²) in [6, 6.07) is -1.31. The summed E-state index contributed by atoms with van der Waals surface area (Å²) in [6.07, 6.45) is 2.42. The Morgan fingerprint density at radius 2 is 2.16 bits per heavy atom. The number of ether oxygens (including phenoxy) is 1. The molecule has 6 heteroatoms. The maximum absolute atomic E-state index is 11.9. The number of amides is 2. The summed E-state index contributed by atoms with van der Waals surface area (Å²) in [4.78, 5) is 23.1. The Balaban J connectivity index is 2.55. The summed E-state index contributed by atoms with van der Waals surface area (Å²) in [5.74, 6) is -1.12. The first-order valence-corrected chi connectivity index (χ1v) is 6.77. The zero-order valence-electron chi connectivity index (χ0n) is 11.9. The molecule has 3 N–H and O–H groups in total. The quantitative estimate of drug-likeness (QED) is 0.705. The van der Waals surface area contributed by atoms with Crippen molar-refractivity contribution in [3.05, 3.63) is 0 Å². The van der Waals surface area contributed by atoms with Gasteiger partial charge >= 0.3 is 12.0 Å². The minimum absolute atomic E-state index is 0.112. The Morgan fingerprint density at radius 1 is 1.47 bits per heavy atom. The van der Waals surface area contributed by atoms with Gasteiger partial charge in [-0.2, -0.15) is 0 Å². The van der Waals surface area contributed by atoms with Crippen LogP contribution >= 0.6 is 0 Å². The van der Waals surface area contributed by atoms with Gasteiger partial charge in [-0.05, 0) is 25.7 Å². The van der Waals surface area contributed by atoms with E-state index >= 15 is 0 Å². The van der Waals surface area contributed by atoms with Crippen molar-refractivity contribution >= 4 is 12.0 Å². The summed E-state index contributed by atoms with van der Waals surface area (Å²) >= 11 is 0. The summed E-state index contributed by atoms with van der Waals surface area (Å²) in [7, 11) is 0. The van der Waals surface area contributed by atoms with Crippen molar-refractivity contribution < 1.29 is 19.4 Å². The molecule has 0 aromatic rings. The molecule has 1 heterocycles. The molecular formula is C13H24N2O4. The summed E-state index contributed by atoms with van der Waals surface area (Å²) in [6.45, 7) is 6.79. The molecular weight excluding hydrogens is 248 g/mol. The fraction of sp³-hybridized carbons (Fsp3) is 0.846. The Morgan fingerprint density at radius 3 is 2.63 bits per heavy atom. The number of carbonyl (C=O) groups excluding carboxylic acids is 1. The van der Waals surface area contributed by atoms with E-state index in [1.165, 1.54) is 0 Å². The van der Waals surface area contributed by atoms with Crippen LogP contribution in [0, 0.1) is 5.92 Å². The molecule has 0 bridgehead atoms.